The van der Waals surface area contributed by atoms with Crippen LogP contribution in [0.4, 0.5) is 12.7 Å². The maximum Gasteiger partial charge on any atom is 0.193 e. The van der Waals surface area contributed by atoms with E-state index in [-0.39, 0.29) is 29.6 Å². The van der Waals surface area contributed by atoms with Gasteiger partial charge in [-0.05, 0) is 48.2 Å². The molecule has 0 bridgehead atoms. The van der Waals surface area contributed by atoms with Crippen molar-refractivity contribution < 1.29 is 17.5 Å². The molecule has 1 atom stereocenters. The Balaban J connectivity index is 0.000000307. The third-order valence-corrected chi connectivity index (χ3v) is 5.36. The van der Waals surface area contributed by atoms with Crippen molar-refractivity contribution in [2.75, 3.05) is 5.75 Å². The summed E-state index contributed by atoms with van der Waals surface area (Å²) in [6.45, 7) is 8.38. The zero-order valence-corrected chi connectivity index (χ0v) is 21.0. The van der Waals surface area contributed by atoms with E-state index in [1.807, 2.05) is 13.8 Å². The Bertz CT molecular complexity index is 970. The van der Waals surface area contributed by atoms with E-state index < -0.39 is 11.6 Å². The summed E-state index contributed by atoms with van der Waals surface area (Å²) in [5, 5.41) is 0. The maximum atomic E-state index is 14.0. The Morgan fingerprint density at radius 1 is 0.971 bits per heavy atom. The van der Waals surface area contributed by atoms with Gasteiger partial charge < -0.3 is 0 Å². The Kier molecular flexibility index (Phi) is 14.6. The number of carbonyl (C=O) groups is 1. The summed E-state index contributed by atoms with van der Waals surface area (Å²) in [7, 11) is 0. The van der Waals surface area contributed by atoms with Crippen LogP contribution in [0.2, 0.25) is 0 Å². The number of pyridine rings is 2. The minimum Gasteiger partial charge on any atom is -0.291 e. The van der Waals surface area contributed by atoms with Crippen LogP contribution in [0.3, 0.4) is 0 Å². The van der Waals surface area contributed by atoms with Gasteiger partial charge in [0.05, 0.1) is 23.6 Å². The van der Waals surface area contributed by atoms with Gasteiger partial charge in [-0.1, -0.05) is 59.1 Å². The average Bonchev–Trinajstić information content (AvgIpc) is 2.85. The van der Waals surface area contributed by atoms with Crippen LogP contribution in [0, 0.1) is 11.6 Å². The number of hydrogen-bond donors (Lipinski definition) is 0. The highest BCUT2D eigenvalue weighted by atomic mass is 32.2. The smallest absolute Gasteiger partial charge is 0.193 e. The van der Waals surface area contributed by atoms with Crippen LogP contribution in [0.15, 0.2) is 60.9 Å². The van der Waals surface area contributed by atoms with Gasteiger partial charge in [-0.25, -0.2) is 8.78 Å². The van der Waals surface area contributed by atoms with Gasteiger partial charge in [-0.2, -0.15) is 3.89 Å². The molecule has 0 aliphatic heterocycles. The number of carbonyl (C=O) groups excluding carboxylic acids is 1. The molecule has 0 radical (unpaired) electrons. The van der Waals surface area contributed by atoms with Crippen LogP contribution in [-0.4, -0.2) is 21.5 Å². The van der Waals surface area contributed by atoms with Gasteiger partial charge in [0.2, 0.25) is 0 Å². The lowest BCUT2D eigenvalue weighted by molar-refractivity contribution is 0.101. The number of halogens is 3. The van der Waals surface area contributed by atoms with E-state index in [0.717, 1.165) is 12.5 Å². The van der Waals surface area contributed by atoms with Gasteiger partial charge in [0.25, 0.3) is 0 Å². The normalized spacial score (nSPS) is 10.9. The molecule has 2 aromatic heterocycles. The first-order valence-electron chi connectivity index (χ1n) is 11.5. The number of rotatable bonds is 8. The fourth-order valence-corrected chi connectivity index (χ4v) is 3.23. The zero-order valence-electron chi connectivity index (χ0n) is 20.2. The molecule has 3 aromatic rings. The molecule has 0 saturated carbocycles. The van der Waals surface area contributed by atoms with Crippen molar-refractivity contribution >= 4 is 17.9 Å². The van der Waals surface area contributed by atoms with Crippen LogP contribution < -0.4 is 0 Å². The van der Waals surface area contributed by atoms with E-state index in [0.29, 0.717) is 22.5 Å². The summed E-state index contributed by atoms with van der Waals surface area (Å²) in [6.07, 6.45) is 8.02. The molecular weight excluding hydrogens is 457 g/mol. The lowest BCUT2D eigenvalue weighted by atomic mass is 9.91. The molecule has 1 unspecified atom stereocenters. The Morgan fingerprint density at radius 3 is 2.09 bits per heavy atom. The first-order valence-corrected chi connectivity index (χ1v) is 12.4. The summed E-state index contributed by atoms with van der Waals surface area (Å²) in [4.78, 5) is 18.8. The number of benzene rings is 1. The van der Waals surface area contributed by atoms with Gasteiger partial charge in [-0.15, -0.1) is 0 Å². The summed E-state index contributed by atoms with van der Waals surface area (Å²) >= 11 is 0.0150. The summed E-state index contributed by atoms with van der Waals surface area (Å²) in [5.41, 5.74) is 1.95. The molecular formula is C27H33F3N2OS. The molecule has 7 heteroatoms. The van der Waals surface area contributed by atoms with Crippen molar-refractivity contribution in [3.05, 3.63) is 83.8 Å². The lowest BCUT2D eigenvalue weighted by Gasteiger charge is -2.15. The first kappa shape index (κ1) is 29.4. The van der Waals surface area contributed by atoms with Crippen molar-refractivity contribution in [1.29, 1.82) is 0 Å². The SMILES string of the molecule is CCC(C)c1cc(F)cc(F)c1-c1ccccn1.CCCCC.O=C(CSF)c1ccccn1. The largest absolute Gasteiger partial charge is 0.291 e. The summed E-state index contributed by atoms with van der Waals surface area (Å²) in [5.74, 6) is -1.44. The van der Waals surface area contributed by atoms with Crippen LogP contribution in [0.25, 0.3) is 11.3 Å². The summed E-state index contributed by atoms with van der Waals surface area (Å²) in [6, 6.07) is 12.6. The van der Waals surface area contributed by atoms with E-state index in [2.05, 4.69) is 23.8 Å². The molecule has 0 aliphatic carbocycles. The minimum atomic E-state index is -0.552. The number of Topliss-reactive ketones (excluding diaryl/α,β-unsaturated/α-hetero) is 1. The van der Waals surface area contributed by atoms with Crippen molar-refractivity contribution in [3.63, 3.8) is 0 Å². The van der Waals surface area contributed by atoms with Gasteiger partial charge in [-0.3, -0.25) is 14.8 Å². The minimum absolute atomic E-state index is 0.0150. The second-order valence-electron chi connectivity index (χ2n) is 7.62. The maximum absolute atomic E-state index is 14.0. The third kappa shape index (κ3) is 10.1. The Labute approximate surface area is 205 Å². The van der Waals surface area contributed by atoms with E-state index in [1.54, 1.807) is 42.6 Å². The molecule has 1 aromatic carbocycles. The predicted molar refractivity (Wildman–Crippen MR) is 136 cm³/mol. The van der Waals surface area contributed by atoms with Crippen molar-refractivity contribution in [1.82, 2.24) is 9.97 Å². The molecule has 3 nitrogen and oxygen atoms in total. The molecule has 0 N–H and O–H groups in total. The Morgan fingerprint density at radius 2 is 1.62 bits per heavy atom. The van der Waals surface area contributed by atoms with Crippen LogP contribution in [0.1, 0.15) is 75.3 Å². The van der Waals surface area contributed by atoms with E-state index >= 15 is 0 Å². The van der Waals surface area contributed by atoms with Crippen LogP contribution >= 0.6 is 12.1 Å². The van der Waals surface area contributed by atoms with Crippen molar-refractivity contribution in [2.24, 2.45) is 0 Å². The molecule has 0 spiro atoms. The number of aromatic nitrogens is 2. The first-order chi connectivity index (χ1) is 16.4. The van der Waals surface area contributed by atoms with E-state index in [1.165, 1.54) is 31.5 Å². The molecule has 0 amide bonds. The topological polar surface area (TPSA) is 42.9 Å². The second kappa shape index (κ2) is 16.9. The third-order valence-electron chi connectivity index (χ3n) is 4.99. The molecule has 3 rings (SSSR count). The highest BCUT2D eigenvalue weighted by Gasteiger charge is 2.17. The second-order valence-corrected chi connectivity index (χ2v) is 8.13. The Hall–Kier alpha value is -2.67. The number of nitrogens with zero attached hydrogens (tertiary/aromatic N) is 2. The number of unbranched alkanes of at least 4 members (excludes halogenated alkanes) is 2. The van der Waals surface area contributed by atoms with Crippen molar-refractivity contribution in [3.8, 4) is 11.3 Å². The highest BCUT2D eigenvalue weighted by molar-refractivity contribution is 7.95. The van der Waals surface area contributed by atoms with E-state index in [9.17, 15) is 17.5 Å². The van der Waals surface area contributed by atoms with Gasteiger partial charge in [0.1, 0.15) is 17.3 Å². The molecule has 2 heterocycles. The monoisotopic (exact) mass is 490 g/mol. The average molecular weight is 491 g/mol. The quantitative estimate of drug-likeness (QED) is 0.296. The number of ketones is 1. The fourth-order valence-electron chi connectivity index (χ4n) is 2.99. The fraction of sp³-hybridized carbons (Fsp3) is 0.370. The van der Waals surface area contributed by atoms with Crippen LogP contribution in [-0.2, 0) is 0 Å². The zero-order chi connectivity index (χ0) is 25.3. The molecule has 0 fully saturated rings. The standard InChI is InChI=1S/C15H15F2N.C7H6FNOS.C5H12/c1-3-10(2)12-8-11(16)9-13(17)15(12)14-6-4-5-7-18-14;8-11-5-7(10)6-3-1-2-4-9-6;1-3-5-4-2/h4-10H,3H2,1-2H3;1-4H,5H2;3-5H2,1-2H3. The van der Waals surface area contributed by atoms with Gasteiger partial charge in [0.15, 0.2) is 5.78 Å². The van der Waals surface area contributed by atoms with Crippen molar-refractivity contribution in [2.45, 2.75) is 59.3 Å². The van der Waals surface area contributed by atoms with Gasteiger partial charge in [0, 0.05) is 24.0 Å². The van der Waals surface area contributed by atoms with E-state index in [4.69, 9.17) is 0 Å². The highest BCUT2D eigenvalue weighted by Crippen LogP contribution is 2.32. The lowest BCUT2D eigenvalue weighted by Crippen LogP contribution is -2.03. The van der Waals surface area contributed by atoms with Gasteiger partial charge >= 0.3 is 0 Å². The summed E-state index contributed by atoms with van der Waals surface area (Å²) < 4.78 is 39.0. The predicted octanol–water partition coefficient (Wildman–Crippen LogP) is 8.62. The molecule has 184 valence electrons. The van der Waals surface area contributed by atoms with Crippen LogP contribution in [0.5, 0.6) is 0 Å². The molecule has 0 saturated heterocycles. The molecule has 34 heavy (non-hydrogen) atoms. The number of hydrogen-bond acceptors (Lipinski definition) is 4. The molecule has 0 aliphatic rings.